The van der Waals surface area contributed by atoms with E-state index in [1.807, 2.05) is 0 Å². The second kappa shape index (κ2) is 7.07. The van der Waals surface area contributed by atoms with Gasteiger partial charge in [-0.15, -0.1) is 0 Å². The smallest absolute Gasteiger partial charge is 0.196 e. The summed E-state index contributed by atoms with van der Waals surface area (Å²) in [5.74, 6) is -3.20. The number of aliphatic hydroxyl groups is 6. The van der Waals surface area contributed by atoms with Crippen molar-refractivity contribution in [2.24, 2.45) is 5.92 Å². The first-order chi connectivity index (χ1) is 7.03. The van der Waals surface area contributed by atoms with E-state index in [4.69, 9.17) is 30.3 Å². The molecule has 0 heterocycles. The average molecular weight is 226 g/mol. The van der Waals surface area contributed by atoms with Crippen LogP contribution in [0.15, 0.2) is 0 Å². The molecule has 0 aliphatic carbocycles. The molecule has 7 heteroatoms. The number of ether oxygens (including phenoxy) is 1. The zero-order valence-corrected chi connectivity index (χ0v) is 8.28. The summed E-state index contributed by atoms with van der Waals surface area (Å²) in [6.45, 7) is -2.96. The van der Waals surface area contributed by atoms with E-state index in [1.54, 1.807) is 0 Å². The van der Waals surface area contributed by atoms with E-state index in [1.165, 1.54) is 0 Å². The fourth-order valence-corrected chi connectivity index (χ4v) is 0.929. The molecule has 2 atom stereocenters. The second-order valence-electron chi connectivity index (χ2n) is 3.21. The van der Waals surface area contributed by atoms with E-state index in [9.17, 15) is 5.11 Å². The van der Waals surface area contributed by atoms with Gasteiger partial charge in [0.25, 0.3) is 0 Å². The summed E-state index contributed by atoms with van der Waals surface area (Å²) in [4.78, 5) is 0. The molecule has 0 aromatic carbocycles. The molecule has 2 unspecified atom stereocenters. The molecule has 0 radical (unpaired) electrons. The van der Waals surface area contributed by atoms with Crippen LogP contribution in [0.5, 0.6) is 0 Å². The van der Waals surface area contributed by atoms with Gasteiger partial charge in [0.1, 0.15) is 6.10 Å². The van der Waals surface area contributed by atoms with Crippen molar-refractivity contribution in [3.05, 3.63) is 0 Å². The maximum atomic E-state index is 9.64. The van der Waals surface area contributed by atoms with E-state index in [2.05, 4.69) is 0 Å². The molecule has 92 valence electrons. The summed E-state index contributed by atoms with van der Waals surface area (Å²) in [5, 5.41) is 53.5. The molecule has 0 saturated carbocycles. The van der Waals surface area contributed by atoms with Crippen molar-refractivity contribution in [1.82, 2.24) is 0 Å². The number of hydrogen-bond acceptors (Lipinski definition) is 7. The van der Waals surface area contributed by atoms with Gasteiger partial charge in [-0.05, 0) is 0 Å². The molecule has 7 nitrogen and oxygen atoms in total. The molecule has 0 spiro atoms. The lowest BCUT2D eigenvalue weighted by Gasteiger charge is -2.32. The van der Waals surface area contributed by atoms with Crippen LogP contribution in [-0.2, 0) is 4.74 Å². The zero-order chi connectivity index (χ0) is 11.9. The highest BCUT2D eigenvalue weighted by atomic mass is 16.6. The highest BCUT2D eigenvalue weighted by Gasteiger charge is 2.37. The van der Waals surface area contributed by atoms with Gasteiger partial charge in [0.15, 0.2) is 5.79 Å². The van der Waals surface area contributed by atoms with Crippen molar-refractivity contribution in [3.63, 3.8) is 0 Å². The van der Waals surface area contributed by atoms with Crippen molar-refractivity contribution in [1.29, 1.82) is 0 Å². The first-order valence-electron chi connectivity index (χ1n) is 4.51. The van der Waals surface area contributed by atoms with Gasteiger partial charge in [0.05, 0.1) is 39.0 Å². The lowest BCUT2D eigenvalue weighted by Crippen LogP contribution is -2.49. The Morgan fingerprint density at radius 3 is 1.87 bits per heavy atom. The molecular weight excluding hydrogens is 208 g/mol. The topological polar surface area (TPSA) is 131 Å². The largest absolute Gasteiger partial charge is 0.396 e. The fraction of sp³-hybridized carbons (Fsp3) is 1.00. The molecule has 0 amide bonds. The van der Waals surface area contributed by atoms with Crippen LogP contribution in [0.2, 0.25) is 0 Å². The van der Waals surface area contributed by atoms with Crippen LogP contribution in [-0.4, -0.2) is 75.6 Å². The van der Waals surface area contributed by atoms with Crippen LogP contribution in [0.3, 0.4) is 0 Å². The van der Waals surface area contributed by atoms with Crippen molar-refractivity contribution in [3.8, 4) is 0 Å². The van der Waals surface area contributed by atoms with E-state index in [0.29, 0.717) is 0 Å². The molecule has 0 bridgehead atoms. The lowest BCUT2D eigenvalue weighted by molar-refractivity contribution is -0.274. The third-order valence-electron chi connectivity index (χ3n) is 2.04. The minimum atomic E-state index is -2.13. The summed E-state index contributed by atoms with van der Waals surface area (Å²) in [7, 11) is 0. The van der Waals surface area contributed by atoms with Gasteiger partial charge in [-0.1, -0.05) is 0 Å². The Kier molecular flexibility index (Phi) is 6.94. The summed E-state index contributed by atoms with van der Waals surface area (Å²) < 4.78 is 4.75. The van der Waals surface area contributed by atoms with Gasteiger partial charge in [0, 0.05) is 0 Å². The zero-order valence-electron chi connectivity index (χ0n) is 8.28. The average Bonchev–Trinajstić information content (AvgIpc) is 2.27. The Hall–Kier alpha value is -0.280. The monoisotopic (exact) mass is 226 g/mol. The standard InChI is InChI=1S/C8H18O7/c9-1-6(2-10)8(14,5-12)15-4-7(13)3-11/h6-7,9-14H,1-5H2. The number of rotatable bonds is 8. The van der Waals surface area contributed by atoms with Crippen LogP contribution in [0, 0.1) is 5.92 Å². The van der Waals surface area contributed by atoms with Gasteiger partial charge in [-0.25, -0.2) is 0 Å². The molecule has 15 heavy (non-hydrogen) atoms. The lowest BCUT2D eigenvalue weighted by atomic mass is 10.0. The minimum absolute atomic E-state index is 0.413. The molecule has 6 N–H and O–H groups in total. The Labute approximate surface area is 87.2 Å². The Morgan fingerprint density at radius 1 is 1.00 bits per heavy atom. The van der Waals surface area contributed by atoms with Gasteiger partial charge >= 0.3 is 0 Å². The summed E-state index contributed by atoms with van der Waals surface area (Å²) >= 11 is 0. The quantitative estimate of drug-likeness (QED) is 0.238. The third-order valence-corrected chi connectivity index (χ3v) is 2.04. The van der Waals surface area contributed by atoms with Crippen LogP contribution >= 0.6 is 0 Å². The molecule has 0 rings (SSSR count). The van der Waals surface area contributed by atoms with Crippen LogP contribution in [0.1, 0.15) is 0 Å². The van der Waals surface area contributed by atoms with E-state index < -0.39 is 50.8 Å². The minimum Gasteiger partial charge on any atom is -0.396 e. The molecule has 0 fully saturated rings. The van der Waals surface area contributed by atoms with E-state index in [-0.39, 0.29) is 0 Å². The molecule has 0 aromatic heterocycles. The normalized spacial score (nSPS) is 17.8. The van der Waals surface area contributed by atoms with Gasteiger partial charge in [-0.2, -0.15) is 0 Å². The second-order valence-corrected chi connectivity index (χ2v) is 3.21. The van der Waals surface area contributed by atoms with Crippen molar-refractivity contribution in [2.45, 2.75) is 11.9 Å². The van der Waals surface area contributed by atoms with Crippen molar-refractivity contribution < 1.29 is 35.4 Å². The number of hydrogen-bond donors (Lipinski definition) is 6. The maximum Gasteiger partial charge on any atom is 0.196 e. The SMILES string of the molecule is OCC(O)COC(O)(CO)C(CO)CO. The van der Waals surface area contributed by atoms with Gasteiger partial charge in [0.2, 0.25) is 0 Å². The highest BCUT2D eigenvalue weighted by Crippen LogP contribution is 2.18. The Bertz CT molecular complexity index is 161. The van der Waals surface area contributed by atoms with E-state index >= 15 is 0 Å². The van der Waals surface area contributed by atoms with Crippen molar-refractivity contribution in [2.75, 3.05) is 33.0 Å². The Balaban J connectivity index is 4.28. The van der Waals surface area contributed by atoms with Gasteiger partial charge < -0.3 is 35.4 Å². The van der Waals surface area contributed by atoms with Crippen LogP contribution in [0.25, 0.3) is 0 Å². The summed E-state index contributed by atoms with van der Waals surface area (Å²) in [6.07, 6.45) is -1.19. The predicted octanol–water partition coefficient (Wildman–Crippen LogP) is -3.36. The third kappa shape index (κ3) is 4.39. The molecule has 0 aliphatic heterocycles. The number of aliphatic hydroxyl groups excluding tert-OH is 5. The summed E-state index contributed by atoms with van der Waals surface area (Å²) in [6, 6.07) is 0. The van der Waals surface area contributed by atoms with Gasteiger partial charge in [-0.3, -0.25) is 0 Å². The molecule has 0 saturated heterocycles. The fourth-order valence-electron chi connectivity index (χ4n) is 0.929. The van der Waals surface area contributed by atoms with Crippen LogP contribution < -0.4 is 0 Å². The van der Waals surface area contributed by atoms with E-state index in [0.717, 1.165) is 0 Å². The molecule has 0 aliphatic rings. The first kappa shape index (κ1) is 14.7. The predicted molar refractivity (Wildman–Crippen MR) is 48.7 cm³/mol. The first-order valence-corrected chi connectivity index (χ1v) is 4.51. The summed E-state index contributed by atoms with van der Waals surface area (Å²) in [5.41, 5.74) is 0. The maximum absolute atomic E-state index is 9.64. The Morgan fingerprint density at radius 2 is 1.53 bits per heavy atom. The van der Waals surface area contributed by atoms with Crippen molar-refractivity contribution >= 4 is 0 Å². The highest BCUT2D eigenvalue weighted by molar-refractivity contribution is 4.76. The molecular formula is C8H18O7. The molecule has 0 aromatic rings. The van der Waals surface area contributed by atoms with Crippen LogP contribution in [0.4, 0.5) is 0 Å².